The van der Waals surface area contributed by atoms with Crippen LogP contribution < -0.4 is 4.90 Å². The molecule has 1 aromatic carbocycles. The smallest absolute Gasteiger partial charge is 0.185 e. The highest BCUT2D eigenvalue weighted by atomic mass is 16.3. The summed E-state index contributed by atoms with van der Waals surface area (Å²) in [5.41, 5.74) is 2.45. The van der Waals surface area contributed by atoms with Crippen LogP contribution in [-0.2, 0) is 0 Å². The molecule has 0 amide bonds. The standard InChI is InChI=1S/C18H18N2O2/c1-13-3-2-8-20(11-13)17-6-4-14(9-15(17)10-19)18-7-5-16(12-21)22-18/h4-7,9,12-13H,2-3,8,11H2,1H3. The summed E-state index contributed by atoms with van der Waals surface area (Å²) in [6.07, 6.45) is 3.09. The molecule has 3 rings (SSSR count). The molecule has 2 aromatic rings. The number of nitriles is 1. The quantitative estimate of drug-likeness (QED) is 0.806. The zero-order chi connectivity index (χ0) is 15.5. The van der Waals surface area contributed by atoms with Crippen LogP contribution in [0.4, 0.5) is 5.69 Å². The van der Waals surface area contributed by atoms with Gasteiger partial charge in [0.25, 0.3) is 0 Å². The highest BCUT2D eigenvalue weighted by Crippen LogP contribution is 2.30. The molecule has 0 spiro atoms. The minimum absolute atomic E-state index is 0.294. The fourth-order valence-electron chi connectivity index (χ4n) is 3.03. The number of furan rings is 1. The lowest BCUT2D eigenvalue weighted by Gasteiger charge is -2.33. The predicted molar refractivity (Wildman–Crippen MR) is 84.9 cm³/mol. The van der Waals surface area contributed by atoms with Crippen molar-refractivity contribution >= 4 is 12.0 Å². The number of anilines is 1. The van der Waals surface area contributed by atoms with E-state index in [9.17, 15) is 10.1 Å². The molecule has 22 heavy (non-hydrogen) atoms. The third kappa shape index (κ3) is 2.75. The van der Waals surface area contributed by atoms with Crippen molar-refractivity contribution in [2.24, 2.45) is 5.92 Å². The van der Waals surface area contributed by atoms with Crippen LogP contribution in [0.1, 0.15) is 35.9 Å². The van der Waals surface area contributed by atoms with Gasteiger partial charge in [-0.2, -0.15) is 5.26 Å². The fourth-order valence-corrected chi connectivity index (χ4v) is 3.03. The van der Waals surface area contributed by atoms with Gasteiger partial charge < -0.3 is 9.32 Å². The first-order valence-electron chi connectivity index (χ1n) is 7.55. The van der Waals surface area contributed by atoms with Crippen LogP contribution in [0.2, 0.25) is 0 Å². The van der Waals surface area contributed by atoms with Gasteiger partial charge in [-0.05, 0) is 49.1 Å². The summed E-state index contributed by atoms with van der Waals surface area (Å²) in [4.78, 5) is 13.0. The normalized spacial score (nSPS) is 18.0. The lowest BCUT2D eigenvalue weighted by molar-refractivity contribution is 0.110. The molecule has 0 saturated carbocycles. The molecule has 1 saturated heterocycles. The van der Waals surface area contributed by atoms with E-state index in [1.807, 2.05) is 18.2 Å². The molecule has 1 aliphatic heterocycles. The van der Waals surface area contributed by atoms with E-state index in [2.05, 4.69) is 17.9 Å². The number of hydrogen-bond acceptors (Lipinski definition) is 4. The number of nitrogens with zero attached hydrogens (tertiary/aromatic N) is 2. The molecular weight excluding hydrogens is 276 g/mol. The Labute approximate surface area is 130 Å². The first-order valence-corrected chi connectivity index (χ1v) is 7.55. The molecule has 112 valence electrons. The van der Waals surface area contributed by atoms with Crippen molar-refractivity contribution in [2.75, 3.05) is 18.0 Å². The SMILES string of the molecule is CC1CCCN(c2ccc(-c3ccc(C=O)o3)cc2C#N)C1. The van der Waals surface area contributed by atoms with Crippen LogP contribution in [0.15, 0.2) is 34.7 Å². The van der Waals surface area contributed by atoms with Crippen LogP contribution in [0.3, 0.4) is 0 Å². The zero-order valence-electron chi connectivity index (χ0n) is 12.6. The van der Waals surface area contributed by atoms with E-state index in [0.29, 0.717) is 29.3 Å². The minimum Gasteiger partial charge on any atom is -0.453 e. The number of carbonyl (C=O) groups excluding carboxylic acids is 1. The summed E-state index contributed by atoms with van der Waals surface area (Å²) >= 11 is 0. The van der Waals surface area contributed by atoms with Crippen molar-refractivity contribution in [2.45, 2.75) is 19.8 Å². The second-order valence-electron chi connectivity index (χ2n) is 5.86. The molecule has 4 heteroatoms. The van der Waals surface area contributed by atoms with Crippen molar-refractivity contribution in [3.8, 4) is 17.4 Å². The van der Waals surface area contributed by atoms with Gasteiger partial charge in [0.1, 0.15) is 11.8 Å². The summed E-state index contributed by atoms with van der Waals surface area (Å²) < 4.78 is 5.43. The first kappa shape index (κ1) is 14.4. The van der Waals surface area contributed by atoms with Crippen molar-refractivity contribution in [3.63, 3.8) is 0 Å². The van der Waals surface area contributed by atoms with E-state index >= 15 is 0 Å². The fraction of sp³-hybridized carbons (Fsp3) is 0.333. The number of hydrogen-bond donors (Lipinski definition) is 0. The Morgan fingerprint density at radius 1 is 1.36 bits per heavy atom. The maximum Gasteiger partial charge on any atom is 0.185 e. The highest BCUT2D eigenvalue weighted by molar-refractivity contribution is 5.74. The summed E-state index contributed by atoms with van der Waals surface area (Å²) in [6.45, 7) is 4.23. The molecule has 4 nitrogen and oxygen atoms in total. The van der Waals surface area contributed by atoms with Gasteiger partial charge in [0, 0.05) is 18.7 Å². The number of carbonyl (C=O) groups is 1. The van der Waals surface area contributed by atoms with Gasteiger partial charge in [0.15, 0.2) is 12.0 Å². The Hall–Kier alpha value is -2.54. The van der Waals surface area contributed by atoms with Gasteiger partial charge >= 0.3 is 0 Å². The van der Waals surface area contributed by atoms with Crippen LogP contribution in [0.25, 0.3) is 11.3 Å². The molecule has 0 aliphatic carbocycles. The third-order valence-corrected chi connectivity index (χ3v) is 4.14. The van der Waals surface area contributed by atoms with E-state index in [4.69, 9.17) is 4.42 Å². The number of piperidine rings is 1. The third-order valence-electron chi connectivity index (χ3n) is 4.14. The lowest BCUT2D eigenvalue weighted by Crippen LogP contribution is -2.34. The monoisotopic (exact) mass is 294 g/mol. The second-order valence-corrected chi connectivity index (χ2v) is 5.86. The maximum atomic E-state index is 10.7. The minimum atomic E-state index is 0.294. The largest absolute Gasteiger partial charge is 0.453 e. The molecule has 0 bridgehead atoms. The van der Waals surface area contributed by atoms with Crippen LogP contribution in [0.5, 0.6) is 0 Å². The van der Waals surface area contributed by atoms with Crippen LogP contribution >= 0.6 is 0 Å². The average Bonchev–Trinajstić information content (AvgIpc) is 3.03. The van der Waals surface area contributed by atoms with Crippen molar-refractivity contribution in [3.05, 3.63) is 41.7 Å². The number of rotatable bonds is 3. The molecule has 1 aromatic heterocycles. The van der Waals surface area contributed by atoms with Crippen LogP contribution in [-0.4, -0.2) is 19.4 Å². The molecule has 1 fully saturated rings. The summed E-state index contributed by atoms with van der Waals surface area (Å²) in [5.74, 6) is 1.56. The predicted octanol–water partition coefficient (Wildman–Crippen LogP) is 3.87. The molecule has 1 unspecified atom stereocenters. The number of benzene rings is 1. The average molecular weight is 294 g/mol. The molecular formula is C18H18N2O2. The van der Waals surface area contributed by atoms with E-state index < -0.39 is 0 Å². The van der Waals surface area contributed by atoms with E-state index in [-0.39, 0.29) is 0 Å². The Bertz CT molecular complexity index is 727. The van der Waals surface area contributed by atoms with Gasteiger partial charge in [-0.1, -0.05) is 6.92 Å². The number of aldehydes is 1. The summed E-state index contributed by atoms with van der Waals surface area (Å²) in [5, 5.41) is 9.47. The Morgan fingerprint density at radius 2 is 2.23 bits per heavy atom. The first-order chi connectivity index (χ1) is 10.7. The van der Waals surface area contributed by atoms with E-state index in [1.165, 1.54) is 6.42 Å². The topological polar surface area (TPSA) is 57.2 Å². The Kier molecular flexibility index (Phi) is 3.97. The molecule has 1 aliphatic rings. The molecule has 0 radical (unpaired) electrons. The Morgan fingerprint density at radius 3 is 2.91 bits per heavy atom. The second kappa shape index (κ2) is 6.07. The maximum absolute atomic E-state index is 10.7. The van der Waals surface area contributed by atoms with Crippen molar-refractivity contribution in [1.29, 1.82) is 5.26 Å². The van der Waals surface area contributed by atoms with Gasteiger partial charge in [-0.25, -0.2) is 0 Å². The van der Waals surface area contributed by atoms with Gasteiger partial charge in [-0.3, -0.25) is 4.79 Å². The van der Waals surface area contributed by atoms with Gasteiger partial charge in [-0.15, -0.1) is 0 Å². The lowest BCUT2D eigenvalue weighted by atomic mass is 9.98. The van der Waals surface area contributed by atoms with Crippen molar-refractivity contribution in [1.82, 2.24) is 0 Å². The Balaban J connectivity index is 1.93. The highest BCUT2D eigenvalue weighted by Gasteiger charge is 2.19. The molecule has 1 atom stereocenters. The van der Waals surface area contributed by atoms with E-state index in [0.717, 1.165) is 30.8 Å². The summed E-state index contributed by atoms with van der Waals surface area (Å²) in [7, 11) is 0. The van der Waals surface area contributed by atoms with Gasteiger partial charge in [0.2, 0.25) is 0 Å². The summed E-state index contributed by atoms with van der Waals surface area (Å²) in [6, 6.07) is 11.4. The van der Waals surface area contributed by atoms with E-state index in [1.54, 1.807) is 12.1 Å². The van der Waals surface area contributed by atoms with Gasteiger partial charge in [0.05, 0.1) is 11.3 Å². The molecule has 2 heterocycles. The molecule has 0 N–H and O–H groups in total. The zero-order valence-corrected chi connectivity index (χ0v) is 12.6. The van der Waals surface area contributed by atoms with Crippen LogP contribution in [0, 0.1) is 17.2 Å². The van der Waals surface area contributed by atoms with Crippen molar-refractivity contribution < 1.29 is 9.21 Å².